The van der Waals surface area contributed by atoms with Crippen LogP contribution in [-0.2, 0) is 0 Å². The number of phenolic OH excluding ortho intramolecular Hbond substituents is 1. The van der Waals surface area contributed by atoms with Gasteiger partial charge in [0.15, 0.2) is 11.6 Å². The molecule has 72 valence electrons. The lowest BCUT2D eigenvalue weighted by molar-refractivity contribution is 0.181. The molecule has 13 heavy (non-hydrogen) atoms. The van der Waals surface area contributed by atoms with Gasteiger partial charge in [0.1, 0.15) is 5.82 Å². The van der Waals surface area contributed by atoms with Crippen LogP contribution in [0.4, 0.5) is 8.78 Å². The zero-order chi connectivity index (χ0) is 10.0. The first kappa shape index (κ1) is 9.88. The number of halogens is 2. The maximum atomic E-state index is 12.7. The van der Waals surface area contributed by atoms with E-state index in [2.05, 4.69) is 0 Å². The number of aromatic hydroxyl groups is 1. The zero-order valence-corrected chi connectivity index (χ0v) is 6.67. The standard InChI is InChI=1S/C8H9F2NO2/c9-4-1-5(7(12)3-11)8(13)6(10)2-4/h1-2,7,12-13H,3,11H2. The van der Waals surface area contributed by atoms with E-state index in [9.17, 15) is 8.78 Å². The predicted molar refractivity (Wildman–Crippen MR) is 42.0 cm³/mol. The summed E-state index contributed by atoms with van der Waals surface area (Å²) in [6.45, 7) is -0.212. The molecule has 1 aromatic rings. The highest BCUT2D eigenvalue weighted by Crippen LogP contribution is 2.27. The number of phenols is 1. The molecule has 0 heterocycles. The molecule has 3 nitrogen and oxygen atoms in total. The lowest BCUT2D eigenvalue weighted by Crippen LogP contribution is -2.12. The summed E-state index contributed by atoms with van der Waals surface area (Å²) in [4.78, 5) is 0. The Morgan fingerprint density at radius 1 is 1.38 bits per heavy atom. The van der Waals surface area contributed by atoms with Gasteiger partial charge in [-0.25, -0.2) is 8.78 Å². The van der Waals surface area contributed by atoms with Crippen LogP contribution in [0.15, 0.2) is 12.1 Å². The number of aliphatic hydroxyl groups is 1. The predicted octanol–water partition coefficient (Wildman–Crippen LogP) is 0.662. The number of rotatable bonds is 2. The third-order valence-electron chi connectivity index (χ3n) is 1.64. The number of hydrogen-bond donors (Lipinski definition) is 3. The molecule has 0 saturated heterocycles. The average molecular weight is 189 g/mol. The second-order valence-corrected chi connectivity index (χ2v) is 2.58. The van der Waals surface area contributed by atoms with Gasteiger partial charge in [-0.2, -0.15) is 0 Å². The van der Waals surface area contributed by atoms with Crippen LogP contribution >= 0.6 is 0 Å². The molecule has 0 fully saturated rings. The first-order chi connectivity index (χ1) is 6.06. The van der Waals surface area contributed by atoms with Crippen LogP contribution in [0.5, 0.6) is 5.75 Å². The highest BCUT2D eigenvalue weighted by atomic mass is 19.1. The molecular formula is C8H9F2NO2. The summed E-state index contributed by atoms with van der Waals surface area (Å²) >= 11 is 0. The third-order valence-corrected chi connectivity index (χ3v) is 1.64. The number of aliphatic hydroxyl groups excluding tert-OH is 1. The SMILES string of the molecule is NCC(O)c1cc(F)cc(F)c1O. The van der Waals surface area contributed by atoms with E-state index in [-0.39, 0.29) is 12.1 Å². The van der Waals surface area contributed by atoms with Crippen molar-refractivity contribution in [2.75, 3.05) is 6.54 Å². The fourth-order valence-corrected chi connectivity index (χ4v) is 0.967. The first-order valence-corrected chi connectivity index (χ1v) is 3.62. The number of nitrogens with two attached hydrogens (primary N) is 1. The second kappa shape index (κ2) is 3.68. The summed E-state index contributed by atoms with van der Waals surface area (Å²) in [7, 11) is 0. The summed E-state index contributed by atoms with van der Waals surface area (Å²) in [5.41, 5.74) is 4.83. The Kier molecular flexibility index (Phi) is 2.79. The molecule has 0 amide bonds. The molecule has 1 atom stereocenters. The van der Waals surface area contributed by atoms with Gasteiger partial charge in [0.05, 0.1) is 6.10 Å². The molecule has 4 N–H and O–H groups in total. The zero-order valence-electron chi connectivity index (χ0n) is 6.67. The van der Waals surface area contributed by atoms with Crippen LogP contribution in [0.25, 0.3) is 0 Å². The molecule has 0 radical (unpaired) electrons. The largest absolute Gasteiger partial charge is 0.505 e. The average Bonchev–Trinajstić information content (AvgIpc) is 2.10. The Morgan fingerprint density at radius 2 is 2.00 bits per heavy atom. The minimum Gasteiger partial charge on any atom is -0.505 e. The van der Waals surface area contributed by atoms with E-state index in [1.54, 1.807) is 0 Å². The van der Waals surface area contributed by atoms with E-state index in [4.69, 9.17) is 15.9 Å². The Labute approximate surface area is 73.4 Å². The highest BCUT2D eigenvalue weighted by molar-refractivity contribution is 5.36. The molecule has 1 rings (SSSR count). The van der Waals surface area contributed by atoms with E-state index in [1.807, 2.05) is 0 Å². The Morgan fingerprint density at radius 3 is 2.54 bits per heavy atom. The fourth-order valence-electron chi connectivity index (χ4n) is 0.967. The van der Waals surface area contributed by atoms with Crippen molar-refractivity contribution in [2.24, 2.45) is 5.73 Å². The van der Waals surface area contributed by atoms with E-state index in [1.165, 1.54) is 0 Å². The van der Waals surface area contributed by atoms with Gasteiger partial charge in [0, 0.05) is 18.2 Å². The van der Waals surface area contributed by atoms with Crippen molar-refractivity contribution in [3.05, 3.63) is 29.3 Å². The van der Waals surface area contributed by atoms with E-state index in [0.717, 1.165) is 6.07 Å². The van der Waals surface area contributed by atoms with Crippen molar-refractivity contribution in [1.82, 2.24) is 0 Å². The van der Waals surface area contributed by atoms with E-state index < -0.39 is 23.5 Å². The smallest absolute Gasteiger partial charge is 0.168 e. The lowest BCUT2D eigenvalue weighted by atomic mass is 10.1. The molecule has 5 heteroatoms. The minimum absolute atomic E-state index is 0.212. The summed E-state index contributed by atoms with van der Waals surface area (Å²) in [6.07, 6.45) is -1.26. The first-order valence-electron chi connectivity index (χ1n) is 3.62. The van der Waals surface area contributed by atoms with Crippen LogP contribution < -0.4 is 5.73 Å². The van der Waals surface area contributed by atoms with Crippen molar-refractivity contribution in [2.45, 2.75) is 6.10 Å². The Balaban J connectivity index is 3.20. The van der Waals surface area contributed by atoms with E-state index >= 15 is 0 Å². The van der Waals surface area contributed by atoms with Crippen molar-refractivity contribution in [3.63, 3.8) is 0 Å². The fraction of sp³-hybridized carbons (Fsp3) is 0.250. The Hall–Kier alpha value is -1.20. The van der Waals surface area contributed by atoms with Crippen molar-refractivity contribution in [1.29, 1.82) is 0 Å². The van der Waals surface area contributed by atoms with Gasteiger partial charge >= 0.3 is 0 Å². The van der Waals surface area contributed by atoms with Gasteiger partial charge < -0.3 is 15.9 Å². The maximum absolute atomic E-state index is 12.7. The summed E-state index contributed by atoms with van der Waals surface area (Å²) in [6, 6.07) is 1.37. The van der Waals surface area contributed by atoms with Crippen LogP contribution in [-0.4, -0.2) is 16.8 Å². The molecule has 0 saturated carbocycles. The second-order valence-electron chi connectivity index (χ2n) is 2.58. The van der Waals surface area contributed by atoms with Crippen molar-refractivity contribution < 1.29 is 19.0 Å². The molecular weight excluding hydrogens is 180 g/mol. The number of benzene rings is 1. The molecule has 0 aliphatic heterocycles. The molecule has 1 unspecified atom stereocenters. The van der Waals surface area contributed by atoms with Gasteiger partial charge in [0.25, 0.3) is 0 Å². The molecule has 0 aliphatic rings. The van der Waals surface area contributed by atoms with Gasteiger partial charge in [-0.1, -0.05) is 0 Å². The van der Waals surface area contributed by atoms with Crippen LogP contribution in [0.3, 0.4) is 0 Å². The molecule has 0 spiro atoms. The van der Waals surface area contributed by atoms with Gasteiger partial charge in [0.2, 0.25) is 0 Å². The molecule has 1 aromatic carbocycles. The van der Waals surface area contributed by atoms with Crippen LogP contribution in [0, 0.1) is 11.6 Å². The van der Waals surface area contributed by atoms with Gasteiger partial charge in [-0.15, -0.1) is 0 Å². The third kappa shape index (κ3) is 1.93. The molecule has 0 aromatic heterocycles. The van der Waals surface area contributed by atoms with Gasteiger partial charge in [-0.05, 0) is 6.07 Å². The number of hydrogen-bond acceptors (Lipinski definition) is 3. The normalized spacial score (nSPS) is 12.9. The molecule has 0 aliphatic carbocycles. The van der Waals surface area contributed by atoms with Crippen LogP contribution in [0.2, 0.25) is 0 Å². The van der Waals surface area contributed by atoms with Crippen molar-refractivity contribution >= 4 is 0 Å². The van der Waals surface area contributed by atoms with E-state index in [0.29, 0.717) is 6.07 Å². The summed E-state index contributed by atoms with van der Waals surface area (Å²) in [5, 5.41) is 18.2. The maximum Gasteiger partial charge on any atom is 0.168 e. The monoisotopic (exact) mass is 189 g/mol. The summed E-state index contributed by atoms with van der Waals surface area (Å²) < 4.78 is 25.3. The van der Waals surface area contributed by atoms with Crippen molar-refractivity contribution in [3.8, 4) is 5.75 Å². The summed E-state index contributed by atoms with van der Waals surface area (Å²) in [5.74, 6) is -2.74. The van der Waals surface area contributed by atoms with Crippen LogP contribution in [0.1, 0.15) is 11.7 Å². The van der Waals surface area contributed by atoms with Gasteiger partial charge in [-0.3, -0.25) is 0 Å². The molecule has 0 bridgehead atoms. The topological polar surface area (TPSA) is 66.5 Å². The lowest BCUT2D eigenvalue weighted by Gasteiger charge is -2.10. The Bertz CT molecular complexity index is 317. The minimum atomic E-state index is -1.26. The quantitative estimate of drug-likeness (QED) is 0.640. The highest BCUT2D eigenvalue weighted by Gasteiger charge is 2.15.